The molecule has 1 atom stereocenters. The molecule has 0 N–H and O–H groups in total. The lowest BCUT2D eigenvalue weighted by molar-refractivity contribution is 0.0701. The molecule has 2 aromatic rings. The molecule has 106 valence electrons. The lowest BCUT2D eigenvalue weighted by Gasteiger charge is -2.13. The van der Waals surface area contributed by atoms with Crippen LogP contribution in [0.4, 0.5) is 0 Å². The number of benzene rings is 1. The molecular weight excluding hydrogens is 295 g/mol. The van der Waals surface area contributed by atoms with E-state index >= 15 is 0 Å². The van der Waals surface area contributed by atoms with Crippen molar-refractivity contribution in [1.82, 2.24) is 9.97 Å². The van der Waals surface area contributed by atoms with Gasteiger partial charge in [0.05, 0.1) is 5.56 Å². The number of aromatic nitrogens is 2. The summed E-state index contributed by atoms with van der Waals surface area (Å²) in [6.07, 6.45) is -0.235. The summed E-state index contributed by atoms with van der Waals surface area (Å²) < 4.78 is 5.46. The quantitative estimate of drug-likeness (QED) is 0.757. The Bertz CT molecular complexity index is 594. The number of ether oxygens (including phenoxy) is 1. The van der Waals surface area contributed by atoms with Crippen LogP contribution in [0.1, 0.15) is 31.3 Å². The minimum Gasteiger partial charge on any atom is -0.371 e. The van der Waals surface area contributed by atoms with Crippen LogP contribution in [-0.2, 0) is 4.74 Å². The highest BCUT2D eigenvalue weighted by molar-refractivity contribution is 6.37. The van der Waals surface area contributed by atoms with Gasteiger partial charge in [0, 0.05) is 6.61 Å². The average molecular weight is 311 g/mol. The molecule has 1 unspecified atom stereocenters. The molecule has 20 heavy (non-hydrogen) atoms. The first kappa shape index (κ1) is 15.2. The summed E-state index contributed by atoms with van der Waals surface area (Å²) in [5.41, 5.74) is 2.70. The van der Waals surface area contributed by atoms with Crippen LogP contribution in [0, 0.1) is 6.92 Å². The Morgan fingerprint density at radius 3 is 2.40 bits per heavy atom. The highest BCUT2D eigenvalue weighted by Gasteiger charge is 2.17. The van der Waals surface area contributed by atoms with Crippen LogP contribution >= 0.6 is 23.2 Å². The minimum absolute atomic E-state index is 0.235. The van der Waals surface area contributed by atoms with Gasteiger partial charge in [-0.3, -0.25) is 0 Å². The molecule has 0 saturated carbocycles. The highest BCUT2D eigenvalue weighted by Crippen LogP contribution is 2.33. The van der Waals surface area contributed by atoms with E-state index in [0.717, 1.165) is 11.1 Å². The molecule has 1 heterocycles. The van der Waals surface area contributed by atoms with Gasteiger partial charge in [0.1, 0.15) is 16.4 Å². The first-order valence-electron chi connectivity index (χ1n) is 6.44. The SMILES string of the molecule is CCOC(C)c1nc(Cl)c(-c2cccc(C)c2)c(Cl)n1. The van der Waals surface area contributed by atoms with Gasteiger partial charge in [0.15, 0.2) is 5.82 Å². The number of halogens is 2. The van der Waals surface area contributed by atoms with Crippen molar-refractivity contribution in [3.8, 4) is 11.1 Å². The van der Waals surface area contributed by atoms with Gasteiger partial charge < -0.3 is 4.74 Å². The summed E-state index contributed by atoms with van der Waals surface area (Å²) in [6, 6.07) is 7.91. The molecule has 0 spiro atoms. The molecule has 3 nitrogen and oxygen atoms in total. The fourth-order valence-corrected chi connectivity index (χ4v) is 2.59. The van der Waals surface area contributed by atoms with Crippen LogP contribution in [0.15, 0.2) is 24.3 Å². The summed E-state index contributed by atoms with van der Waals surface area (Å²) in [7, 11) is 0. The molecule has 0 aliphatic heterocycles. The topological polar surface area (TPSA) is 35.0 Å². The van der Waals surface area contributed by atoms with Crippen molar-refractivity contribution < 1.29 is 4.74 Å². The Morgan fingerprint density at radius 1 is 1.20 bits per heavy atom. The predicted molar refractivity (Wildman–Crippen MR) is 82.3 cm³/mol. The minimum atomic E-state index is -0.235. The second kappa shape index (κ2) is 6.53. The van der Waals surface area contributed by atoms with E-state index in [1.165, 1.54) is 0 Å². The zero-order chi connectivity index (χ0) is 14.7. The summed E-state index contributed by atoms with van der Waals surface area (Å²) in [5, 5.41) is 0.689. The Morgan fingerprint density at radius 2 is 1.85 bits per heavy atom. The van der Waals surface area contributed by atoms with Crippen molar-refractivity contribution in [2.24, 2.45) is 0 Å². The Kier molecular flexibility index (Phi) is 4.97. The summed E-state index contributed by atoms with van der Waals surface area (Å²) in [4.78, 5) is 8.61. The molecular formula is C15H16Cl2N2O. The van der Waals surface area contributed by atoms with Crippen LogP contribution in [0.3, 0.4) is 0 Å². The highest BCUT2D eigenvalue weighted by atomic mass is 35.5. The fourth-order valence-electron chi connectivity index (χ4n) is 1.97. The van der Waals surface area contributed by atoms with Gasteiger partial charge in [-0.05, 0) is 26.3 Å². The second-order valence-electron chi connectivity index (χ2n) is 4.51. The zero-order valence-electron chi connectivity index (χ0n) is 11.7. The molecule has 0 fully saturated rings. The zero-order valence-corrected chi connectivity index (χ0v) is 13.2. The lowest BCUT2D eigenvalue weighted by atomic mass is 10.1. The smallest absolute Gasteiger partial charge is 0.160 e. The van der Waals surface area contributed by atoms with Crippen LogP contribution < -0.4 is 0 Å². The number of rotatable bonds is 4. The summed E-state index contributed by atoms with van der Waals surface area (Å²) >= 11 is 12.5. The van der Waals surface area contributed by atoms with Gasteiger partial charge >= 0.3 is 0 Å². The maximum atomic E-state index is 6.27. The number of aryl methyl sites for hydroxylation is 1. The molecule has 2 rings (SSSR count). The van der Waals surface area contributed by atoms with Gasteiger partial charge in [-0.25, -0.2) is 9.97 Å². The lowest BCUT2D eigenvalue weighted by Crippen LogP contribution is -2.06. The Balaban J connectivity index is 2.46. The van der Waals surface area contributed by atoms with Crippen LogP contribution in [-0.4, -0.2) is 16.6 Å². The van der Waals surface area contributed by atoms with E-state index in [9.17, 15) is 0 Å². The molecule has 0 aliphatic carbocycles. The molecule has 0 radical (unpaired) electrons. The van der Waals surface area contributed by atoms with Crippen molar-refractivity contribution in [3.05, 3.63) is 46.0 Å². The fraction of sp³-hybridized carbons (Fsp3) is 0.333. The van der Waals surface area contributed by atoms with Crippen LogP contribution in [0.25, 0.3) is 11.1 Å². The monoisotopic (exact) mass is 310 g/mol. The molecule has 5 heteroatoms. The van der Waals surface area contributed by atoms with E-state index in [1.807, 2.05) is 45.0 Å². The summed E-state index contributed by atoms with van der Waals surface area (Å²) in [5.74, 6) is 0.498. The number of hydrogen-bond donors (Lipinski definition) is 0. The van der Waals surface area contributed by atoms with Crippen molar-refractivity contribution in [1.29, 1.82) is 0 Å². The average Bonchev–Trinajstić information content (AvgIpc) is 2.38. The van der Waals surface area contributed by atoms with E-state index in [1.54, 1.807) is 0 Å². The van der Waals surface area contributed by atoms with Gasteiger partial charge in [0.2, 0.25) is 0 Å². The maximum absolute atomic E-state index is 6.27. The molecule has 0 bridgehead atoms. The third kappa shape index (κ3) is 3.29. The van der Waals surface area contributed by atoms with Crippen LogP contribution in [0.5, 0.6) is 0 Å². The van der Waals surface area contributed by atoms with Crippen molar-refractivity contribution in [2.45, 2.75) is 26.9 Å². The third-order valence-electron chi connectivity index (χ3n) is 2.93. The second-order valence-corrected chi connectivity index (χ2v) is 5.22. The normalized spacial score (nSPS) is 12.4. The maximum Gasteiger partial charge on any atom is 0.160 e. The third-order valence-corrected chi connectivity index (χ3v) is 3.47. The van der Waals surface area contributed by atoms with E-state index in [0.29, 0.717) is 28.3 Å². The number of hydrogen-bond acceptors (Lipinski definition) is 3. The molecule has 1 aromatic heterocycles. The molecule has 0 amide bonds. The van der Waals surface area contributed by atoms with Crippen molar-refractivity contribution in [3.63, 3.8) is 0 Å². The van der Waals surface area contributed by atoms with Gasteiger partial charge in [-0.2, -0.15) is 0 Å². The van der Waals surface area contributed by atoms with Crippen molar-refractivity contribution >= 4 is 23.2 Å². The van der Waals surface area contributed by atoms with Gasteiger partial charge in [-0.1, -0.05) is 53.0 Å². The molecule has 0 aliphatic rings. The van der Waals surface area contributed by atoms with Gasteiger partial charge in [0.25, 0.3) is 0 Å². The van der Waals surface area contributed by atoms with E-state index in [4.69, 9.17) is 27.9 Å². The van der Waals surface area contributed by atoms with Crippen molar-refractivity contribution in [2.75, 3.05) is 6.61 Å². The predicted octanol–water partition coefficient (Wildman–Crippen LogP) is 4.86. The first-order chi connectivity index (χ1) is 9.52. The van der Waals surface area contributed by atoms with E-state index in [2.05, 4.69) is 9.97 Å². The summed E-state index contributed by atoms with van der Waals surface area (Å²) in [6.45, 7) is 6.38. The van der Waals surface area contributed by atoms with Crippen LogP contribution in [0.2, 0.25) is 10.3 Å². The van der Waals surface area contributed by atoms with Gasteiger partial charge in [-0.15, -0.1) is 0 Å². The molecule has 0 saturated heterocycles. The van der Waals surface area contributed by atoms with E-state index < -0.39 is 0 Å². The van der Waals surface area contributed by atoms with E-state index in [-0.39, 0.29) is 6.10 Å². The molecule has 1 aromatic carbocycles. The Labute approximate surface area is 128 Å². The number of nitrogens with zero attached hydrogens (tertiary/aromatic N) is 2. The standard InChI is InChI=1S/C15H16Cl2N2O/c1-4-20-10(3)15-18-13(16)12(14(17)19-15)11-7-5-6-9(2)8-11/h5-8,10H,4H2,1-3H3. The Hall–Kier alpha value is -1.16. The first-order valence-corrected chi connectivity index (χ1v) is 7.20. The largest absolute Gasteiger partial charge is 0.371 e.